The molecular weight excluding hydrogens is 236 g/mol. The number of aryl methyl sites for hydroxylation is 1. The van der Waals surface area contributed by atoms with Gasteiger partial charge in [-0.25, -0.2) is 0 Å². The van der Waals surface area contributed by atoms with Crippen molar-refractivity contribution in [2.75, 3.05) is 7.11 Å². The Morgan fingerprint density at radius 2 is 1.80 bits per heavy atom. The van der Waals surface area contributed by atoms with Crippen molar-refractivity contribution in [2.24, 2.45) is 0 Å². The quantitative estimate of drug-likeness (QED) is 0.591. The van der Waals surface area contributed by atoms with E-state index in [0.717, 1.165) is 12.0 Å². The summed E-state index contributed by atoms with van der Waals surface area (Å²) in [5, 5.41) is 0. The topological polar surface area (TPSA) is 63.6 Å². The minimum atomic E-state index is -4.16. The zero-order valence-corrected chi connectivity index (χ0v) is 10.5. The molecule has 0 radical (unpaired) electrons. The fourth-order valence-corrected chi connectivity index (χ4v) is 0.998. The van der Waals surface area contributed by atoms with Gasteiger partial charge in [-0.1, -0.05) is 12.1 Å². The van der Waals surface area contributed by atoms with Crippen LogP contribution in [0.4, 0.5) is 0 Å². The first-order valence-corrected chi connectivity index (χ1v) is 5.87. The average Bonchev–Trinajstić information content (AvgIpc) is 2.14. The summed E-state index contributed by atoms with van der Waals surface area (Å²) in [6, 6.07) is 6.12. The normalized spacial score (nSPS) is 10.5. The highest BCUT2D eigenvalue weighted by molar-refractivity contribution is 7.80. The molecule has 0 aliphatic carbocycles. The van der Waals surface area contributed by atoms with Gasteiger partial charge < -0.3 is 0 Å². The third-order valence-corrected chi connectivity index (χ3v) is 2.69. The van der Waals surface area contributed by atoms with E-state index >= 15 is 0 Å². The van der Waals surface area contributed by atoms with Crippen LogP contribution in [0.5, 0.6) is 0 Å². The monoisotopic (exact) mass is 250 g/mol. The van der Waals surface area contributed by atoms with Crippen LogP contribution in [0.2, 0.25) is 0 Å². The first-order valence-electron chi connectivity index (χ1n) is 4.06. The summed E-state index contributed by atoms with van der Waals surface area (Å²) >= 11 is 4.27. The molecule has 0 bridgehead atoms. The van der Waals surface area contributed by atoms with Crippen LogP contribution in [0.1, 0.15) is 11.1 Å². The molecule has 15 heavy (non-hydrogen) atoms. The fraction of sp³-hybridized carbons (Fsp3) is 0.333. The second-order valence-electron chi connectivity index (χ2n) is 2.81. The average molecular weight is 250 g/mol. The van der Waals surface area contributed by atoms with Crippen molar-refractivity contribution in [3.63, 3.8) is 0 Å². The van der Waals surface area contributed by atoms with Crippen LogP contribution in [0.25, 0.3) is 0 Å². The van der Waals surface area contributed by atoms with E-state index in [-0.39, 0.29) is 0 Å². The standard InChI is InChI=1S/C8H10S.CH4O4S/c1-6-4-3-5-8(9)7(6)2;1-5-6(2,3)4/h3-5,9H,1-2H3;1H3,(H,2,3,4). The Morgan fingerprint density at radius 3 is 2.07 bits per heavy atom. The summed E-state index contributed by atoms with van der Waals surface area (Å²) < 4.78 is 29.7. The molecule has 0 heterocycles. The highest BCUT2D eigenvalue weighted by atomic mass is 32.3. The molecule has 0 atom stereocenters. The van der Waals surface area contributed by atoms with Crippen molar-refractivity contribution in [1.29, 1.82) is 0 Å². The number of rotatable bonds is 1. The summed E-state index contributed by atoms with van der Waals surface area (Å²) in [6.45, 7) is 4.17. The van der Waals surface area contributed by atoms with Crippen molar-refractivity contribution < 1.29 is 17.2 Å². The number of hydrogen-bond donors (Lipinski definition) is 2. The zero-order valence-electron chi connectivity index (χ0n) is 8.76. The Kier molecular flexibility index (Phi) is 5.89. The second-order valence-corrected chi connectivity index (χ2v) is 4.48. The molecule has 1 aromatic carbocycles. The Balaban J connectivity index is 0.000000288. The molecule has 0 aliphatic heterocycles. The van der Waals surface area contributed by atoms with E-state index in [1.165, 1.54) is 11.1 Å². The molecule has 0 spiro atoms. The van der Waals surface area contributed by atoms with Crippen molar-refractivity contribution in [3.8, 4) is 0 Å². The lowest BCUT2D eigenvalue weighted by Crippen LogP contribution is -1.96. The first-order chi connectivity index (χ1) is 6.78. The van der Waals surface area contributed by atoms with E-state index in [1.807, 2.05) is 12.1 Å². The number of benzene rings is 1. The van der Waals surface area contributed by atoms with Gasteiger partial charge in [0.05, 0.1) is 7.11 Å². The second kappa shape index (κ2) is 6.12. The van der Waals surface area contributed by atoms with E-state index in [1.54, 1.807) is 0 Å². The van der Waals surface area contributed by atoms with E-state index in [0.29, 0.717) is 0 Å². The van der Waals surface area contributed by atoms with Gasteiger partial charge in [0.15, 0.2) is 0 Å². The third kappa shape index (κ3) is 6.51. The van der Waals surface area contributed by atoms with Crippen LogP contribution in [0, 0.1) is 13.8 Å². The highest BCUT2D eigenvalue weighted by Gasteiger charge is 1.94. The van der Waals surface area contributed by atoms with Crippen molar-refractivity contribution >= 4 is 23.0 Å². The maximum atomic E-state index is 9.33. The maximum absolute atomic E-state index is 9.33. The number of hydrogen-bond acceptors (Lipinski definition) is 4. The predicted octanol–water partition coefficient (Wildman–Crippen LogP) is 2.03. The minimum Gasteiger partial charge on any atom is -0.264 e. The largest absolute Gasteiger partial charge is 0.397 e. The first kappa shape index (κ1) is 14.4. The molecule has 1 aromatic rings. The molecule has 4 nitrogen and oxygen atoms in total. The van der Waals surface area contributed by atoms with E-state index in [9.17, 15) is 8.42 Å². The lowest BCUT2D eigenvalue weighted by molar-refractivity contribution is 0.324. The molecular formula is C9H14O4S2. The van der Waals surface area contributed by atoms with Crippen molar-refractivity contribution in [2.45, 2.75) is 18.7 Å². The van der Waals surface area contributed by atoms with E-state index in [2.05, 4.69) is 36.7 Å². The SMILES string of the molecule is COS(=O)(=O)O.Cc1cccc(S)c1C. The molecule has 6 heteroatoms. The van der Waals surface area contributed by atoms with Gasteiger partial charge in [0.25, 0.3) is 0 Å². The molecule has 1 N–H and O–H groups in total. The summed E-state index contributed by atoms with van der Waals surface area (Å²) in [5.74, 6) is 0. The Morgan fingerprint density at radius 1 is 1.33 bits per heavy atom. The van der Waals surface area contributed by atoms with Gasteiger partial charge in [0.1, 0.15) is 0 Å². The van der Waals surface area contributed by atoms with Crippen molar-refractivity contribution in [1.82, 2.24) is 0 Å². The van der Waals surface area contributed by atoms with Crippen molar-refractivity contribution in [3.05, 3.63) is 29.3 Å². The van der Waals surface area contributed by atoms with Crippen LogP contribution in [-0.4, -0.2) is 20.1 Å². The molecule has 86 valence electrons. The van der Waals surface area contributed by atoms with E-state index < -0.39 is 10.4 Å². The maximum Gasteiger partial charge on any atom is 0.397 e. The van der Waals surface area contributed by atoms with Gasteiger partial charge in [-0.3, -0.25) is 8.74 Å². The smallest absolute Gasteiger partial charge is 0.264 e. The lowest BCUT2D eigenvalue weighted by atomic mass is 10.1. The Bertz CT molecular complexity index is 392. The summed E-state index contributed by atoms with van der Waals surface area (Å²) in [6.07, 6.45) is 0. The molecule has 0 aliphatic rings. The molecule has 0 unspecified atom stereocenters. The van der Waals surface area contributed by atoms with Crippen LogP contribution in [-0.2, 0) is 14.6 Å². The molecule has 0 amide bonds. The van der Waals surface area contributed by atoms with Gasteiger partial charge in [-0.05, 0) is 31.0 Å². The highest BCUT2D eigenvalue weighted by Crippen LogP contribution is 2.15. The fourth-order valence-electron chi connectivity index (χ4n) is 0.736. The minimum absolute atomic E-state index is 0.870. The predicted molar refractivity (Wildman–Crippen MR) is 61.7 cm³/mol. The van der Waals surface area contributed by atoms with Gasteiger partial charge in [-0.15, -0.1) is 12.6 Å². The third-order valence-electron chi connectivity index (χ3n) is 1.79. The summed E-state index contributed by atoms with van der Waals surface area (Å²) in [7, 11) is -3.29. The molecule has 1 rings (SSSR count). The van der Waals surface area contributed by atoms with Crippen LogP contribution in [0.3, 0.4) is 0 Å². The van der Waals surface area contributed by atoms with Gasteiger partial charge in [0, 0.05) is 4.90 Å². The Labute approximate surface area is 95.6 Å². The van der Waals surface area contributed by atoms with Gasteiger partial charge in [0.2, 0.25) is 0 Å². The molecule has 0 saturated heterocycles. The van der Waals surface area contributed by atoms with Crippen LogP contribution in [0.15, 0.2) is 23.1 Å². The Hall–Kier alpha value is -0.560. The summed E-state index contributed by atoms with van der Waals surface area (Å²) in [4.78, 5) is 1.08. The van der Waals surface area contributed by atoms with Gasteiger partial charge >= 0.3 is 10.4 Å². The lowest BCUT2D eigenvalue weighted by Gasteiger charge is -2.00. The molecule has 0 saturated carbocycles. The van der Waals surface area contributed by atoms with Gasteiger partial charge in [-0.2, -0.15) is 8.42 Å². The molecule has 0 aromatic heterocycles. The number of thiol groups is 1. The van der Waals surface area contributed by atoms with Crippen LogP contribution >= 0.6 is 12.6 Å². The van der Waals surface area contributed by atoms with Crippen LogP contribution < -0.4 is 0 Å². The van der Waals surface area contributed by atoms with E-state index in [4.69, 9.17) is 4.55 Å². The zero-order chi connectivity index (χ0) is 12.1. The summed E-state index contributed by atoms with van der Waals surface area (Å²) in [5.41, 5.74) is 2.59. The molecule has 0 fully saturated rings.